The minimum Gasteiger partial charge on any atom is -0.343 e. The molecule has 108 valence electrons. The summed E-state index contributed by atoms with van der Waals surface area (Å²) in [5.74, 6) is -0.146. The molecular weight excluding hydrogens is 263 g/mol. The van der Waals surface area contributed by atoms with E-state index >= 15 is 0 Å². The predicted octanol–water partition coefficient (Wildman–Crippen LogP) is 3.59. The molecule has 0 saturated carbocycles. The first kappa shape index (κ1) is 13.8. The Morgan fingerprint density at radius 1 is 1.00 bits per heavy atom. The normalized spacial score (nSPS) is 11.1. The lowest BCUT2D eigenvalue weighted by Crippen LogP contribution is -2.10. The maximum Gasteiger partial charge on any atom is 0.128 e. The van der Waals surface area contributed by atoms with Crippen LogP contribution in [-0.2, 0) is 13.0 Å². The Morgan fingerprint density at radius 3 is 2.57 bits per heavy atom. The van der Waals surface area contributed by atoms with Crippen molar-refractivity contribution in [2.24, 2.45) is 0 Å². The third-order valence-corrected chi connectivity index (χ3v) is 3.81. The van der Waals surface area contributed by atoms with Crippen molar-refractivity contribution >= 4 is 10.9 Å². The van der Waals surface area contributed by atoms with Gasteiger partial charge in [0.15, 0.2) is 0 Å². The molecule has 0 fully saturated rings. The molecule has 1 aromatic heterocycles. The minimum atomic E-state index is -0.146. The molecule has 3 aromatic rings. The second-order valence-corrected chi connectivity index (χ2v) is 5.24. The van der Waals surface area contributed by atoms with Gasteiger partial charge >= 0.3 is 0 Å². The maximum absolute atomic E-state index is 13.9. The van der Waals surface area contributed by atoms with E-state index in [1.807, 2.05) is 25.2 Å². The van der Waals surface area contributed by atoms with Crippen LogP contribution in [0.4, 0.5) is 4.39 Å². The third kappa shape index (κ3) is 2.83. The van der Waals surface area contributed by atoms with E-state index in [2.05, 4.69) is 34.3 Å². The number of likely N-dealkylation sites (N-methyl/N-ethyl adjacent to an activating group) is 1. The van der Waals surface area contributed by atoms with E-state index in [9.17, 15) is 4.39 Å². The van der Waals surface area contributed by atoms with Crippen LogP contribution >= 0.6 is 0 Å². The summed E-state index contributed by atoms with van der Waals surface area (Å²) in [6.45, 7) is 1.50. The van der Waals surface area contributed by atoms with Crippen LogP contribution in [0.25, 0.3) is 10.9 Å². The molecule has 3 heteroatoms. The summed E-state index contributed by atoms with van der Waals surface area (Å²) < 4.78 is 16.0. The molecular formula is C18H19FN2. The number of fused-ring (bicyclic) bond motifs is 1. The molecule has 0 saturated heterocycles. The van der Waals surface area contributed by atoms with Gasteiger partial charge in [-0.15, -0.1) is 0 Å². The molecule has 21 heavy (non-hydrogen) atoms. The van der Waals surface area contributed by atoms with Gasteiger partial charge in [0.1, 0.15) is 5.82 Å². The standard InChI is InChI=1S/C18H19FN2/c1-20-11-10-14-12-21(18-9-5-3-7-16(14)18)13-15-6-2-4-8-17(15)19/h2-9,12,20H,10-11,13H2,1H3. The summed E-state index contributed by atoms with van der Waals surface area (Å²) in [5, 5.41) is 4.43. The summed E-state index contributed by atoms with van der Waals surface area (Å²) in [7, 11) is 1.96. The molecule has 0 unspecified atom stereocenters. The van der Waals surface area contributed by atoms with Gasteiger partial charge in [-0.05, 0) is 37.7 Å². The molecule has 0 aliphatic rings. The summed E-state index contributed by atoms with van der Waals surface area (Å²) in [5.41, 5.74) is 3.18. The van der Waals surface area contributed by atoms with Gasteiger partial charge in [-0.2, -0.15) is 0 Å². The Kier molecular flexibility index (Phi) is 4.02. The van der Waals surface area contributed by atoms with Gasteiger partial charge < -0.3 is 9.88 Å². The quantitative estimate of drug-likeness (QED) is 0.756. The largest absolute Gasteiger partial charge is 0.343 e. The Morgan fingerprint density at radius 2 is 1.76 bits per heavy atom. The zero-order chi connectivity index (χ0) is 14.7. The predicted molar refractivity (Wildman–Crippen MR) is 85.1 cm³/mol. The van der Waals surface area contributed by atoms with E-state index in [1.54, 1.807) is 6.07 Å². The maximum atomic E-state index is 13.9. The average Bonchev–Trinajstić information content (AvgIpc) is 2.86. The number of benzene rings is 2. The first-order valence-corrected chi connectivity index (χ1v) is 7.24. The number of hydrogen-bond acceptors (Lipinski definition) is 1. The number of nitrogens with one attached hydrogen (secondary N) is 1. The topological polar surface area (TPSA) is 17.0 Å². The third-order valence-electron chi connectivity index (χ3n) is 3.81. The van der Waals surface area contributed by atoms with Crippen molar-refractivity contribution < 1.29 is 4.39 Å². The number of rotatable bonds is 5. The highest BCUT2D eigenvalue weighted by atomic mass is 19.1. The molecule has 2 aromatic carbocycles. The van der Waals surface area contributed by atoms with Crippen LogP contribution in [-0.4, -0.2) is 18.2 Å². The van der Waals surface area contributed by atoms with Crippen molar-refractivity contribution in [2.75, 3.05) is 13.6 Å². The van der Waals surface area contributed by atoms with E-state index in [-0.39, 0.29) is 5.82 Å². The molecule has 0 aliphatic carbocycles. The zero-order valence-corrected chi connectivity index (χ0v) is 12.1. The van der Waals surface area contributed by atoms with E-state index in [0.717, 1.165) is 24.0 Å². The van der Waals surface area contributed by atoms with Gasteiger partial charge in [-0.3, -0.25) is 0 Å². The lowest BCUT2D eigenvalue weighted by molar-refractivity contribution is 0.602. The summed E-state index contributed by atoms with van der Waals surface area (Å²) in [6.07, 6.45) is 3.12. The molecule has 0 amide bonds. The van der Waals surface area contributed by atoms with Crippen molar-refractivity contribution in [3.63, 3.8) is 0 Å². The van der Waals surface area contributed by atoms with Gasteiger partial charge in [0, 0.05) is 22.7 Å². The van der Waals surface area contributed by atoms with Crippen LogP contribution in [0.2, 0.25) is 0 Å². The molecule has 1 N–H and O–H groups in total. The van der Waals surface area contributed by atoms with Crippen LogP contribution in [0.5, 0.6) is 0 Å². The fourth-order valence-corrected chi connectivity index (χ4v) is 2.72. The first-order valence-electron chi connectivity index (χ1n) is 7.24. The van der Waals surface area contributed by atoms with Gasteiger partial charge in [0.05, 0.1) is 6.54 Å². The number of halogens is 1. The summed E-state index contributed by atoms with van der Waals surface area (Å²) in [4.78, 5) is 0. The van der Waals surface area contributed by atoms with Crippen molar-refractivity contribution in [1.82, 2.24) is 9.88 Å². The Labute approximate surface area is 124 Å². The van der Waals surface area contributed by atoms with E-state index in [4.69, 9.17) is 0 Å². The fourth-order valence-electron chi connectivity index (χ4n) is 2.72. The fraction of sp³-hybridized carbons (Fsp3) is 0.222. The van der Waals surface area contributed by atoms with Crippen LogP contribution in [0.3, 0.4) is 0 Å². The molecule has 0 radical (unpaired) electrons. The van der Waals surface area contributed by atoms with E-state index in [0.29, 0.717) is 6.54 Å². The Bertz CT molecular complexity index is 746. The van der Waals surface area contributed by atoms with Crippen molar-refractivity contribution in [1.29, 1.82) is 0 Å². The molecule has 0 spiro atoms. The highest BCUT2D eigenvalue weighted by molar-refractivity contribution is 5.84. The average molecular weight is 282 g/mol. The highest BCUT2D eigenvalue weighted by Gasteiger charge is 2.09. The smallest absolute Gasteiger partial charge is 0.128 e. The van der Waals surface area contributed by atoms with Gasteiger partial charge in [-0.1, -0.05) is 36.4 Å². The zero-order valence-electron chi connectivity index (χ0n) is 12.1. The van der Waals surface area contributed by atoms with Gasteiger partial charge in [0.2, 0.25) is 0 Å². The van der Waals surface area contributed by atoms with Crippen LogP contribution < -0.4 is 5.32 Å². The minimum absolute atomic E-state index is 0.146. The first-order chi connectivity index (χ1) is 10.3. The number of para-hydroxylation sites is 1. The van der Waals surface area contributed by atoms with E-state index < -0.39 is 0 Å². The number of aromatic nitrogens is 1. The van der Waals surface area contributed by atoms with Crippen LogP contribution in [0.15, 0.2) is 54.7 Å². The lowest BCUT2D eigenvalue weighted by Gasteiger charge is -2.06. The Hall–Kier alpha value is -2.13. The summed E-state index contributed by atoms with van der Waals surface area (Å²) in [6, 6.07) is 15.3. The molecule has 0 bridgehead atoms. The van der Waals surface area contributed by atoms with Crippen molar-refractivity contribution in [3.8, 4) is 0 Å². The molecule has 0 atom stereocenters. The molecule has 3 rings (SSSR count). The summed E-state index contributed by atoms with van der Waals surface area (Å²) >= 11 is 0. The Balaban J connectivity index is 2.00. The van der Waals surface area contributed by atoms with Crippen LogP contribution in [0, 0.1) is 5.82 Å². The number of nitrogens with zero attached hydrogens (tertiary/aromatic N) is 1. The lowest BCUT2D eigenvalue weighted by atomic mass is 10.1. The second kappa shape index (κ2) is 6.10. The van der Waals surface area contributed by atoms with Crippen molar-refractivity contribution in [3.05, 3.63) is 71.7 Å². The van der Waals surface area contributed by atoms with Gasteiger partial charge in [-0.25, -0.2) is 4.39 Å². The highest BCUT2D eigenvalue weighted by Crippen LogP contribution is 2.23. The number of hydrogen-bond donors (Lipinski definition) is 1. The molecule has 0 aliphatic heterocycles. The SMILES string of the molecule is CNCCc1cn(Cc2ccccc2F)c2ccccc12. The van der Waals surface area contributed by atoms with Crippen LogP contribution in [0.1, 0.15) is 11.1 Å². The monoisotopic (exact) mass is 282 g/mol. The second-order valence-electron chi connectivity index (χ2n) is 5.24. The van der Waals surface area contributed by atoms with E-state index in [1.165, 1.54) is 17.0 Å². The molecule has 2 nitrogen and oxygen atoms in total. The van der Waals surface area contributed by atoms with Gasteiger partial charge in [0.25, 0.3) is 0 Å². The molecule has 1 heterocycles. The van der Waals surface area contributed by atoms with Crippen molar-refractivity contribution in [2.45, 2.75) is 13.0 Å².